The SMILES string of the molecule is CCCCCCCCNCc1cc(OCC)c(OCc2ccccc2F)cc1Cl. The average Bonchev–Trinajstić information content (AvgIpc) is 2.72. The molecule has 0 amide bonds. The second kappa shape index (κ2) is 13.4. The van der Waals surface area contributed by atoms with Crippen LogP contribution in [0.5, 0.6) is 11.5 Å². The Hall–Kier alpha value is -1.78. The average molecular weight is 422 g/mol. The Kier molecular flexibility index (Phi) is 10.9. The van der Waals surface area contributed by atoms with Crippen LogP contribution in [0.3, 0.4) is 0 Å². The van der Waals surface area contributed by atoms with Crippen molar-refractivity contribution >= 4 is 11.6 Å². The number of halogens is 2. The lowest BCUT2D eigenvalue weighted by molar-refractivity contribution is 0.265. The Morgan fingerprint density at radius 1 is 0.897 bits per heavy atom. The van der Waals surface area contributed by atoms with Gasteiger partial charge in [0.05, 0.1) is 6.61 Å². The third-order valence-corrected chi connectivity index (χ3v) is 5.13. The van der Waals surface area contributed by atoms with Gasteiger partial charge in [-0.25, -0.2) is 4.39 Å². The first-order chi connectivity index (χ1) is 14.2. The van der Waals surface area contributed by atoms with Gasteiger partial charge in [-0.05, 0) is 37.6 Å². The minimum Gasteiger partial charge on any atom is -0.490 e. The van der Waals surface area contributed by atoms with Gasteiger partial charge in [0, 0.05) is 23.2 Å². The molecule has 0 spiro atoms. The van der Waals surface area contributed by atoms with Gasteiger partial charge in [0.2, 0.25) is 0 Å². The maximum atomic E-state index is 13.8. The second-order valence-corrected chi connectivity index (χ2v) is 7.56. The molecule has 3 nitrogen and oxygen atoms in total. The van der Waals surface area contributed by atoms with Gasteiger partial charge >= 0.3 is 0 Å². The summed E-state index contributed by atoms with van der Waals surface area (Å²) in [5, 5.41) is 4.08. The van der Waals surface area contributed by atoms with Gasteiger partial charge in [-0.2, -0.15) is 0 Å². The molecule has 0 saturated carbocycles. The van der Waals surface area contributed by atoms with Crippen LogP contribution in [0.1, 0.15) is 63.5 Å². The molecule has 0 aromatic heterocycles. The minimum atomic E-state index is -0.285. The number of hydrogen-bond acceptors (Lipinski definition) is 3. The van der Waals surface area contributed by atoms with E-state index in [0.29, 0.717) is 35.2 Å². The molecule has 0 unspecified atom stereocenters. The molecular formula is C24H33ClFNO2. The van der Waals surface area contributed by atoms with E-state index in [9.17, 15) is 4.39 Å². The molecule has 0 aliphatic heterocycles. The second-order valence-electron chi connectivity index (χ2n) is 7.15. The van der Waals surface area contributed by atoms with Crippen molar-refractivity contribution in [2.45, 2.75) is 65.5 Å². The van der Waals surface area contributed by atoms with Gasteiger partial charge in [0.25, 0.3) is 0 Å². The molecule has 2 aromatic rings. The highest BCUT2D eigenvalue weighted by Gasteiger charge is 2.12. The maximum Gasteiger partial charge on any atom is 0.163 e. The molecule has 0 atom stereocenters. The van der Waals surface area contributed by atoms with Crippen LogP contribution in [-0.2, 0) is 13.2 Å². The van der Waals surface area contributed by atoms with E-state index >= 15 is 0 Å². The van der Waals surface area contributed by atoms with Crippen LogP contribution in [0.25, 0.3) is 0 Å². The normalized spacial score (nSPS) is 10.9. The minimum absolute atomic E-state index is 0.124. The fourth-order valence-electron chi connectivity index (χ4n) is 3.12. The number of ether oxygens (including phenoxy) is 2. The van der Waals surface area contributed by atoms with Crippen LogP contribution in [0, 0.1) is 5.82 Å². The lowest BCUT2D eigenvalue weighted by Crippen LogP contribution is -2.15. The summed E-state index contributed by atoms with van der Waals surface area (Å²) in [5.74, 6) is 0.872. The first-order valence-electron chi connectivity index (χ1n) is 10.7. The summed E-state index contributed by atoms with van der Waals surface area (Å²) in [6, 6.07) is 10.3. The fraction of sp³-hybridized carbons (Fsp3) is 0.500. The molecule has 0 radical (unpaired) electrons. The van der Waals surface area contributed by atoms with Crippen molar-refractivity contribution in [1.82, 2.24) is 5.32 Å². The largest absolute Gasteiger partial charge is 0.490 e. The molecule has 5 heteroatoms. The number of rotatable bonds is 14. The van der Waals surface area contributed by atoms with Crippen LogP contribution in [-0.4, -0.2) is 13.2 Å². The molecule has 0 aliphatic carbocycles. The molecule has 2 rings (SSSR count). The summed E-state index contributed by atoms with van der Waals surface area (Å²) < 4.78 is 25.4. The number of nitrogens with one attached hydrogen (secondary N) is 1. The highest BCUT2D eigenvalue weighted by molar-refractivity contribution is 6.31. The quantitative estimate of drug-likeness (QED) is 0.336. The molecule has 0 fully saturated rings. The Balaban J connectivity index is 1.90. The third kappa shape index (κ3) is 8.23. The zero-order valence-corrected chi connectivity index (χ0v) is 18.4. The standard InChI is InChI=1S/C24H33ClFNO2/c1-3-5-6-7-8-11-14-27-17-20-15-23(28-4-2)24(16-21(20)25)29-18-19-12-9-10-13-22(19)26/h9-10,12-13,15-16,27H,3-8,11,14,17-18H2,1-2H3. The van der Waals surface area contributed by atoms with E-state index in [1.807, 2.05) is 13.0 Å². The Morgan fingerprint density at radius 2 is 1.62 bits per heavy atom. The van der Waals surface area contributed by atoms with E-state index in [4.69, 9.17) is 21.1 Å². The van der Waals surface area contributed by atoms with Crippen LogP contribution < -0.4 is 14.8 Å². The lowest BCUT2D eigenvalue weighted by Gasteiger charge is -2.15. The van der Waals surface area contributed by atoms with Crippen molar-refractivity contribution in [3.63, 3.8) is 0 Å². The highest BCUT2D eigenvalue weighted by atomic mass is 35.5. The van der Waals surface area contributed by atoms with Gasteiger partial charge < -0.3 is 14.8 Å². The Morgan fingerprint density at radius 3 is 2.38 bits per heavy atom. The first-order valence-corrected chi connectivity index (χ1v) is 11.1. The van der Waals surface area contributed by atoms with E-state index in [1.165, 1.54) is 44.6 Å². The monoisotopic (exact) mass is 421 g/mol. The van der Waals surface area contributed by atoms with Crippen LogP contribution in [0.4, 0.5) is 4.39 Å². The summed E-state index contributed by atoms with van der Waals surface area (Å²) in [6.45, 7) is 6.45. The zero-order valence-electron chi connectivity index (χ0n) is 17.6. The van der Waals surface area contributed by atoms with Gasteiger partial charge in [0.15, 0.2) is 11.5 Å². The van der Waals surface area contributed by atoms with Gasteiger partial charge in [-0.15, -0.1) is 0 Å². The van der Waals surface area contributed by atoms with Crippen molar-refractivity contribution in [2.24, 2.45) is 0 Å². The smallest absolute Gasteiger partial charge is 0.163 e. The van der Waals surface area contributed by atoms with E-state index in [2.05, 4.69) is 12.2 Å². The fourth-order valence-corrected chi connectivity index (χ4v) is 3.34. The predicted molar refractivity (Wildman–Crippen MR) is 118 cm³/mol. The van der Waals surface area contributed by atoms with Gasteiger partial charge in [-0.1, -0.05) is 68.8 Å². The first kappa shape index (κ1) is 23.5. The number of unbranched alkanes of at least 4 members (excludes halogenated alkanes) is 5. The van der Waals surface area contributed by atoms with E-state index in [1.54, 1.807) is 24.3 Å². The van der Waals surface area contributed by atoms with Crippen LogP contribution in [0.2, 0.25) is 5.02 Å². The number of benzene rings is 2. The van der Waals surface area contributed by atoms with Crippen LogP contribution >= 0.6 is 11.6 Å². The topological polar surface area (TPSA) is 30.5 Å². The summed E-state index contributed by atoms with van der Waals surface area (Å²) in [6.07, 6.45) is 7.66. The number of hydrogen-bond donors (Lipinski definition) is 1. The van der Waals surface area contributed by atoms with Gasteiger partial charge in [0.1, 0.15) is 12.4 Å². The molecule has 160 valence electrons. The zero-order chi connectivity index (χ0) is 20.9. The van der Waals surface area contributed by atoms with Crippen molar-refractivity contribution < 1.29 is 13.9 Å². The molecule has 29 heavy (non-hydrogen) atoms. The molecule has 0 saturated heterocycles. The van der Waals surface area contributed by atoms with Gasteiger partial charge in [-0.3, -0.25) is 0 Å². The van der Waals surface area contributed by atoms with E-state index in [0.717, 1.165) is 12.1 Å². The maximum absolute atomic E-state index is 13.8. The lowest BCUT2D eigenvalue weighted by atomic mass is 10.1. The Labute approximate surface area is 179 Å². The van der Waals surface area contributed by atoms with E-state index < -0.39 is 0 Å². The van der Waals surface area contributed by atoms with Crippen molar-refractivity contribution in [1.29, 1.82) is 0 Å². The molecule has 2 aromatic carbocycles. The molecule has 0 bridgehead atoms. The molecular weight excluding hydrogens is 389 g/mol. The Bertz CT molecular complexity index is 739. The third-order valence-electron chi connectivity index (χ3n) is 4.78. The molecule has 0 heterocycles. The van der Waals surface area contributed by atoms with Crippen LogP contribution in [0.15, 0.2) is 36.4 Å². The summed E-state index contributed by atoms with van der Waals surface area (Å²) in [7, 11) is 0. The molecule has 0 aliphatic rings. The molecule has 1 N–H and O–H groups in total. The summed E-state index contributed by atoms with van der Waals surface area (Å²) >= 11 is 6.46. The van der Waals surface area contributed by atoms with E-state index in [-0.39, 0.29) is 12.4 Å². The van der Waals surface area contributed by atoms with Crippen molar-refractivity contribution in [3.05, 3.63) is 58.4 Å². The summed E-state index contributed by atoms with van der Waals surface area (Å²) in [5.41, 5.74) is 1.47. The predicted octanol–water partition coefficient (Wildman–Crippen LogP) is 6.91. The highest BCUT2D eigenvalue weighted by Crippen LogP contribution is 2.34. The summed E-state index contributed by atoms with van der Waals surface area (Å²) in [4.78, 5) is 0. The van der Waals surface area contributed by atoms with Crippen molar-refractivity contribution in [3.8, 4) is 11.5 Å². The van der Waals surface area contributed by atoms with Crippen molar-refractivity contribution in [2.75, 3.05) is 13.2 Å².